The fourth-order valence-corrected chi connectivity index (χ4v) is 8.21. The number of aliphatic carboxylic acids is 1. The molecule has 278 valence electrons. The maximum absolute atomic E-state index is 13.5. The van der Waals surface area contributed by atoms with Gasteiger partial charge in [0.15, 0.2) is 9.84 Å². The summed E-state index contributed by atoms with van der Waals surface area (Å²) in [5.74, 6) is -0.449. The van der Waals surface area contributed by atoms with Gasteiger partial charge in [-0.2, -0.15) is 23.5 Å². The molecule has 3 aromatic rings. The minimum Gasteiger partial charge on any atom is -0.497 e. The predicted molar refractivity (Wildman–Crippen MR) is 189 cm³/mol. The monoisotopic (exact) mass is 731 g/mol. The van der Waals surface area contributed by atoms with Crippen LogP contribution in [0.4, 0.5) is 19.0 Å². The Labute approximate surface area is 298 Å². The van der Waals surface area contributed by atoms with Crippen LogP contribution < -0.4 is 15.0 Å². The second kappa shape index (κ2) is 17.4. The largest absolute Gasteiger partial charge is 0.497 e. The predicted octanol–water partition coefficient (Wildman–Crippen LogP) is 7.49. The number of alkyl halides is 3. The van der Waals surface area contributed by atoms with Gasteiger partial charge in [0.05, 0.1) is 40.3 Å². The molecule has 0 spiro atoms. The van der Waals surface area contributed by atoms with Gasteiger partial charge in [-0.1, -0.05) is 70.1 Å². The second-order valence-electron chi connectivity index (χ2n) is 13.3. The Morgan fingerprint density at radius 3 is 2.33 bits per heavy atom. The molecular weight excluding hydrogens is 683 g/mol. The first-order valence-corrected chi connectivity index (χ1v) is 19.1. The number of hydrogen-bond acceptors (Lipinski definition) is 8. The lowest BCUT2D eigenvalue weighted by Gasteiger charge is -2.24. The molecule has 1 aliphatic carbocycles. The zero-order valence-corrected chi connectivity index (χ0v) is 30.3. The maximum Gasteiger partial charge on any atom is 0.417 e. The first-order valence-electron chi connectivity index (χ1n) is 17.5. The molecule has 14 heteroatoms. The Morgan fingerprint density at radius 1 is 1.06 bits per heavy atom. The Morgan fingerprint density at radius 2 is 1.73 bits per heavy atom. The number of carbonyl (C=O) groups is 1. The number of carboxylic acid groups (broad SMARTS) is 1. The van der Waals surface area contributed by atoms with Crippen molar-refractivity contribution >= 4 is 21.6 Å². The van der Waals surface area contributed by atoms with Crippen LogP contribution in [0.1, 0.15) is 88.8 Å². The van der Waals surface area contributed by atoms with Crippen LogP contribution in [0.3, 0.4) is 0 Å². The molecule has 1 aliphatic heterocycles. The number of methoxy groups -OCH3 is 1. The molecule has 0 radical (unpaired) electrons. The van der Waals surface area contributed by atoms with Gasteiger partial charge < -0.3 is 14.7 Å². The van der Waals surface area contributed by atoms with Crippen LogP contribution in [0.15, 0.2) is 59.5 Å². The third kappa shape index (κ3) is 10.3. The van der Waals surface area contributed by atoms with Crippen LogP contribution in [0.5, 0.6) is 5.75 Å². The number of hydrogen-bond donors (Lipinski definition) is 2. The van der Waals surface area contributed by atoms with Gasteiger partial charge in [-0.3, -0.25) is 5.32 Å². The number of carboxylic acids is 1. The fraction of sp³-hybridized carbons (Fsp3) is 0.541. The van der Waals surface area contributed by atoms with Gasteiger partial charge in [-0.15, -0.1) is 0 Å². The van der Waals surface area contributed by atoms with E-state index in [4.69, 9.17) is 10.00 Å². The zero-order chi connectivity index (χ0) is 37.2. The van der Waals surface area contributed by atoms with Crippen LogP contribution in [0, 0.1) is 18.3 Å². The molecule has 0 unspecified atom stereocenters. The Balaban J connectivity index is 0.000000306. The van der Waals surface area contributed by atoms with E-state index in [1.54, 1.807) is 37.3 Å². The number of aromatic nitrogens is 2. The van der Waals surface area contributed by atoms with Gasteiger partial charge >= 0.3 is 12.1 Å². The maximum atomic E-state index is 13.5. The average Bonchev–Trinajstić information content (AvgIpc) is 3.55. The van der Waals surface area contributed by atoms with Crippen molar-refractivity contribution in [2.24, 2.45) is 0 Å². The normalized spacial score (nSPS) is 18.1. The highest BCUT2D eigenvalue weighted by molar-refractivity contribution is 7.92. The molecule has 2 fully saturated rings. The van der Waals surface area contributed by atoms with Crippen LogP contribution >= 0.6 is 0 Å². The fourth-order valence-electron chi connectivity index (χ4n) is 6.30. The highest BCUT2D eigenvalue weighted by atomic mass is 32.2. The van der Waals surface area contributed by atoms with Gasteiger partial charge in [0, 0.05) is 18.7 Å². The van der Waals surface area contributed by atoms with Gasteiger partial charge in [0.1, 0.15) is 23.1 Å². The highest BCUT2D eigenvalue weighted by Gasteiger charge is 2.47. The van der Waals surface area contributed by atoms with E-state index in [9.17, 15) is 31.5 Å². The number of ether oxygens (including phenoxy) is 1. The molecular formula is C37H48F3N5O5S. The topological polar surface area (TPSA) is 138 Å². The number of sulfone groups is 1. The lowest BCUT2D eigenvalue weighted by atomic mass is 10.1. The minimum atomic E-state index is -4.88. The summed E-state index contributed by atoms with van der Waals surface area (Å²) in [5, 5.41) is 25.1. The molecule has 2 N–H and O–H groups in total. The third-order valence-corrected chi connectivity index (χ3v) is 11.5. The lowest BCUT2D eigenvalue weighted by molar-refractivity contribution is -0.140. The van der Waals surface area contributed by atoms with Gasteiger partial charge in [-0.25, -0.2) is 17.9 Å². The first-order chi connectivity index (χ1) is 24.3. The van der Waals surface area contributed by atoms with Crippen LogP contribution in [-0.4, -0.2) is 66.3 Å². The molecule has 2 heterocycles. The summed E-state index contributed by atoms with van der Waals surface area (Å²) < 4.78 is 73.9. The van der Waals surface area contributed by atoms with Crippen molar-refractivity contribution in [3.05, 3.63) is 65.9 Å². The van der Waals surface area contributed by atoms with Crippen LogP contribution in [0.25, 0.3) is 5.69 Å². The van der Waals surface area contributed by atoms with Crippen molar-refractivity contribution < 1.29 is 36.2 Å². The summed E-state index contributed by atoms with van der Waals surface area (Å²) in [7, 11) is -3.03. The summed E-state index contributed by atoms with van der Waals surface area (Å²) in [4.78, 5) is 12.6. The second-order valence-corrected chi connectivity index (χ2v) is 15.5. The number of nitriles is 1. The molecule has 1 saturated carbocycles. The van der Waals surface area contributed by atoms with E-state index >= 15 is 0 Å². The molecule has 2 atom stereocenters. The zero-order valence-electron chi connectivity index (χ0n) is 29.5. The quantitative estimate of drug-likeness (QED) is 0.144. The summed E-state index contributed by atoms with van der Waals surface area (Å²) >= 11 is 0. The van der Waals surface area contributed by atoms with E-state index in [2.05, 4.69) is 23.4 Å². The smallest absolute Gasteiger partial charge is 0.417 e. The number of halogens is 3. The number of nitrogens with one attached hydrogen (secondary N) is 1. The SMILES string of the molecule is CCCCCCCCCCNC1(C#N)CC1.COc1cccc(-n2nc(C)cc2N2C[C@H](S(=O)(=O)c3ccccc3C(F)(F)F)C[C@H]2C(=O)O)c1. The summed E-state index contributed by atoms with van der Waals surface area (Å²) in [6.45, 7) is 4.66. The number of nitrogens with zero attached hydrogens (tertiary/aromatic N) is 4. The minimum absolute atomic E-state index is 0.110. The number of benzene rings is 2. The number of rotatable bonds is 16. The molecule has 51 heavy (non-hydrogen) atoms. The van der Waals surface area contributed by atoms with Crippen molar-refractivity contribution in [1.82, 2.24) is 15.1 Å². The Hall–Kier alpha value is -4.09. The summed E-state index contributed by atoms with van der Waals surface area (Å²) in [6, 6.07) is 13.5. The average molecular weight is 732 g/mol. The van der Waals surface area contributed by atoms with Crippen LogP contribution in [-0.2, 0) is 20.8 Å². The molecule has 5 rings (SSSR count). The van der Waals surface area contributed by atoms with E-state index in [1.165, 1.54) is 74.1 Å². The summed E-state index contributed by atoms with van der Waals surface area (Å²) in [6.07, 6.45) is 7.71. The van der Waals surface area contributed by atoms with Crippen molar-refractivity contribution in [2.45, 2.75) is 112 Å². The molecule has 2 aromatic carbocycles. The summed E-state index contributed by atoms with van der Waals surface area (Å²) in [5.41, 5.74) is -0.296. The van der Waals surface area contributed by atoms with Crippen molar-refractivity contribution in [2.75, 3.05) is 25.1 Å². The van der Waals surface area contributed by atoms with Crippen molar-refractivity contribution in [3.63, 3.8) is 0 Å². The molecule has 10 nitrogen and oxygen atoms in total. The third-order valence-electron chi connectivity index (χ3n) is 9.35. The van der Waals surface area contributed by atoms with E-state index < -0.39 is 43.7 Å². The van der Waals surface area contributed by atoms with Crippen molar-refractivity contribution in [1.29, 1.82) is 5.26 Å². The number of aryl methyl sites for hydroxylation is 1. The van der Waals surface area contributed by atoms with Crippen molar-refractivity contribution in [3.8, 4) is 17.5 Å². The lowest BCUT2D eigenvalue weighted by Crippen LogP contribution is -2.37. The molecule has 1 saturated heterocycles. The van der Waals surface area contributed by atoms with E-state index in [1.807, 2.05) is 0 Å². The standard InChI is InChI=1S/C23H22F3N3O5S.C14H26N2/c1-14-10-21(29(27-14)15-6-5-7-16(11-15)34-2)28-13-17(12-19(28)22(30)31)35(32,33)20-9-4-3-8-18(20)23(24,25)26;1-2-3-4-5-6-7-8-9-12-16-14(13-15)10-11-14/h3-11,17,19H,12-13H2,1-2H3,(H,30,31);16H,2-12H2,1H3/t17-,19+;/m1./s1. The number of unbranched alkanes of at least 4 members (excludes halogenated alkanes) is 7. The van der Waals surface area contributed by atoms with E-state index in [-0.39, 0.29) is 18.5 Å². The van der Waals surface area contributed by atoms with Gasteiger partial charge in [0.25, 0.3) is 0 Å². The number of anilines is 1. The molecule has 2 aliphatic rings. The van der Waals surface area contributed by atoms with E-state index in [0.29, 0.717) is 29.0 Å². The van der Waals surface area contributed by atoms with Gasteiger partial charge in [-0.05, 0) is 63.4 Å². The molecule has 0 amide bonds. The molecule has 1 aromatic heterocycles. The highest BCUT2D eigenvalue weighted by Crippen LogP contribution is 2.39. The van der Waals surface area contributed by atoms with Crippen LogP contribution in [0.2, 0.25) is 0 Å². The Bertz CT molecular complexity index is 1770. The van der Waals surface area contributed by atoms with E-state index in [0.717, 1.165) is 31.5 Å². The first kappa shape index (κ1) is 39.7. The molecule has 0 bridgehead atoms. The Kier molecular flexibility index (Phi) is 13.6. The van der Waals surface area contributed by atoms with Gasteiger partial charge in [0.2, 0.25) is 0 Å².